The highest BCUT2D eigenvalue weighted by Crippen LogP contribution is 2.24. The lowest BCUT2D eigenvalue weighted by Crippen LogP contribution is -2.25. The number of methoxy groups -OCH3 is 1. The maximum absolute atomic E-state index is 6.16. The monoisotopic (exact) mass is 253 g/mol. The summed E-state index contributed by atoms with van der Waals surface area (Å²) in [6.07, 6.45) is 3.84. The van der Waals surface area contributed by atoms with Gasteiger partial charge in [0.15, 0.2) is 0 Å². The second kappa shape index (κ2) is 5.49. The minimum absolute atomic E-state index is 0.203. The Morgan fingerprint density at radius 1 is 1.59 bits per heavy atom. The summed E-state index contributed by atoms with van der Waals surface area (Å²) in [4.78, 5) is 7.34. The molecule has 2 aromatic rings. The molecule has 0 radical (unpaired) electrons. The van der Waals surface area contributed by atoms with Crippen molar-refractivity contribution >= 4 is 22.6 Å². The van der Waals surface area contributed by atoms with E-state index >= 15 is 0 Å². The van der Waals surface area contributed by atoms with Crippen molar-refractivity contribution in [1.29, 1.82) is 0 Å². The van der Waals surface area contributed by atoms with Crippen LogP contribution in [0, 0.1) is 0 Å². The molecule has 5 heteroatoms. The number of nitrogens with zero attached hydrogens (tertiary/aromatic N) is 1. The number of H-pyrrole nitrogens is 1. The molecule has 0 saturated heterocycles. The zero-order valence-electron chi connectivity index (χ0n) is 9.96. The molecule has 0 aliphatic heterocycles. The zero-order chi connectivity index (χ0) is 12.3. The number of nitrogens with one attached hydrogen (secondary N) is 2. The molecule has 2 aromatic heterocycles. The SMILES string of the molecule is COC(C)CNCc1c[nH]c2nccc(Cl)c12. The van der Waals surface area contributed by atoms with Crippen LogP contribution in [-0.4, -0.2) is 29.7 Å². The van der Waals surface area contributed by atoms with Crippen molar-refractivity contribution in [1.82, 2.24) is 15.3 Å². The van der Waals surface area contributed by atoms with Crippen molar-refractivity contribution < 1.29 is 4.74 Å². The van der Waals surface area contributed by atoms with Crippen LogP contribution < -0.4 is 5.32 Å². The molecule has 0 aliphatic rings. The van der Waals surface area contributed by atoms with E-state index in [1.165, 1.54) is 0 Å². The van der Waals surface area contributed by atoms with Crippen LogP contribution in [0.5, 0.6) is 0 Å². The van der Waals surface area contributed by atoms with Crippen molar-refractivity contribution in [2.24, 2.45) is 0 Å². The van der Waals surface area contributed by atoms with Gasteiger partial charge in [0, 0.05) is 38.0 Å². The summed E-state index contributed by atoms with van der Waals surface area (Å²) in [6, 6.07) is 1.80. The average Bonchev–Trinajstić information content (AvgIpc) is 2.74. The molecular weight excluding hydrogens is 238 g/mol. The molecule has 0 saturated carbocycles. The number of rotatable bonds is 5. The van der Waals surface area contributed by atoms with Gasteiger partial charge in [0.05, 0.1) is 11.1 Å². The fraction of sp³-hybridized carbons (Fsp3) is 0.417. The van der Waals surface area contributed by atoms with Gasteiger partial charge in [0.2, 0.25) is 0 Å². The number of hydrogen-bond acceptors (Lipinski definition) is 3. The van der Waals surface area contributed by atoms with Gasteiger partial charge in [-0.3, -0.25) is 0 Å². The van der Waals surface area contributed by atoms with Crippen molar-refractivity contribution in [2.75, 3.05) is 13.7 Å². The highest BCUT2D eigenvalue weighted by atomic mass is 35.5. The molecular formula is C12H16ClN3O. The summed E-state index contributed by atoms with van der Waals surface area (Å²) in [6.45, 7) is 3.58. The second-order valence-electron chi connectivity index (χ2n) is 4.01. The van der Waals surface area contributed by atoms with E-state index in [0.717, 1.165) is 34.7 Å². The van der Waals surface area contributed by atoms with Gasteiger partial charge in [-0.1, -0.05) is 11.6 Å². The molecule has 2 N–H and O–H groups in total. The Balaban J connectivity index is 2.09. The molecule has 2 rings (SSSR count). The van der Waals surface area contributed by atoms with E-state index in [1.54, 1.807) is 19.4 Å². The summed E-state index contributed by atoms with van der Waals surface area (Å²) in [7, 11) is 1.71. The molecule has 0 amide bonds. The third-order valence-corrected chi connectivity index (χ3v) is 3.07. The lowest BCUT2D eigenvalue weighted by atomic mass is 10.2. The van der Waals surface area contributed by atoms with Gasteiger partial charge in [-0.05, 0) is 18.6 Å². The summed E-state index contributed by atoms with van der Waals surface area (Å²) in [5, 5.41) is 5.05. The van der Waals surface area contributed by atoms with Crippen LogP contribution in [0.15, 0.2) is 18.5 Å². The van der Waals surface area contributed by atoms with Crippen LogP contribution in [0.2, 0.25) is 5.02 Å². The van der Waals surface area contributed by atoms with Gasteiger partial charge in [-0.25, -0.2) is 4.98 Å². The van der Waals surface area contributed by atoms with Crippen molar-refractivity contribution in [3.8, 4) is 0 Å². The van der Waals surface area contributed by atoms with Gasteiger partial charge in [-0.15, -0.1) is 0 Å². The maximum Gasteiger partial charge on any atom is 0.139 e. The fourth-order valence-electron chi connectivity index (χ4n) is 1.71. The smallest absolute Gasteiger partial charge is 0.139 e. The number of fused-ring (bicyclic) bond motifs is 1. The molecule has 2 heterocycles. The number of halogens is 1. The van der Waals surface area contributed by atoms with E-state index in [0.29, 0.717) is 0 Å². The molecule has 17 heavy (non-hydrogen) atoms. The van der Waals surface area contributed by atoms with Gasteiger partial charge in [-0.2, -0.15) is 0 Å². The topological polar surface area (TPSA) is 49.9 Å². The Morgan fingerprint density at radius 2 is 2.41 bits per heavy atom. The molecule has 1 atom stereocenters. The lowest BCUT2D eigenvalue weighted by molar-refractivity contribution is 0.117. The van der Waals surface area contributed by atoms with E-state index in [1.807, 2.05) is 13.1 Å². The van der Waals surface area contributed by atoms with E-state index in [4.69, 9.17) is 16.3 Å². The number of pyridine rings is 1. The molecule has 0 aromatic carbocycles. The minimum Gasteiger partial charge on any atom is -0.380 e. The van der Waals surface area contributed by atoms with E-state index < -0.39 is 0 Å². The van der Waals surface area contributed by atoms with Gasteiger partial charge in [0.1, 0.15) is 5.65 Å². The molecule has 92 valence electrons. The Bertz CT molecular complexity index is 497. The normalized spacial score (nSPS) is 13.1. The third kappa shape index (κ3) is 2.77. The number of aromatic nitrogens is 2. The molecule has 0 aliphatic carbocycles. The quantitative estimate of drug-likeness (QED) is 0.860. The first-order valence-corrected chi connectivity index (χ1v) is 5.94. The predicted octanol–water partition coefficient (Wildman–Crippen LogP) is 2.34. The van der Waals surface area contributed by atoms with Gasteiger partial charge in [0.25, 0.3) is 0 Å². The molecule has 0 fully saturated rings. The third-order valence-electron chi connectivity index (χ3n) is 2.75. The van der Waals surface area contributed by atoms with Crippen molar-refractivity contribution in [2.45, 2.75) is 19.6 Å². The number of ether oxygens (including phenoxy) is 1. The lowest BCUT2D eigenvalue weighted by Gasteiger charge is -2.10. The van der Waals surface area contributed by atoms with Crippen LogP contribution in [0.4, 0.5) is 0 Å². The van der Waals surface area contributed by atoms with Crippen molar-refractivity contribution in [3.05, 3.63) is 29.0 Å². The Hall–Kier alpha value is -1.10. The molecule has 0 spiro atoms. The maximum atomic E-state index is 6.16. The Morgan fingerprint density at radius 3 is 3.18 bits per heavy atom. The van der Waals surface area contributed by atoms with Crippen LogP contribution in [-0.2, 0) is 11.3 Å². The largest absolute Gasteiger partial charge is 0.380 e. The van der Waals surface area contributed by atoms with Gasteiger partial charge < -0.3 is 15.0 Å². The Labute approximate surface area is 105 Å². The van der Waals surface area contributed by atoms with Crippen molar-refractivity contribution in [3.63, 3.8) is 0 Å². The van der Waals surface area contributed by atoms with Crippen LogP contribution in [0.1, 0.15) is 12.5 Å². The van der Waals surface area contributed by atoms with E-state index in [2.05, 4.69) is 15.3 Å². The first-order valence-electron chi connectivity index (χ1n) is 5.56. The standard InChI is InChI=1S/C12H16ClN3O/c1-8(17-2)5-14-6-9-7-16-12-11(9)10(13)3-4-15-12/h3-4,7-8,14H,5-6H2,1-2H3,(H,15,16). The van der Waals surface area contributed by atoms with E-state index in [-0.39, 0.29) is 6.10 Å². The Kier molecular flexibility index (Phi) is 3.99. The summed E-state index contributed by atoms with van der Waals surface area (Å²) in [5.41, 5.74) is 1.95. The van der Waals surface area contributed by atoms with Crippen LogP contribution in [0.25, 0.3) is 11.0 Å². The summed E-state index contributed by atoms with van der Waals surface area (Å²) < 4.78 is 5.17. The summed E-state index contributed by atoms with van der Waals surface area (Å²) in [5.74, 6) is 0. The second-order valence-corrected chi connectivity index (χ2v) is 4.41. The summed E-state index contributed by atoms with van der Waals surface area (Å²) >= 11 is 6.16. The number of aromatic amines is 1. The minimum atomic E-state index is 0.203. The molecule has 0 bridgehead atoms. The highest BCUT2D eigenvalue weighted by molar-refractivity contribution is 6.35. The van der Waals surface area contributed by atoms with Crippen LogP contribution in [0.3, 0.4) is 0 Å². The predicted molar refractivity (Wildman–Crippen MR) is 69.3 cm³/mol. The molecule has 1 unspecified atom stereocenters. The number of hydrogen-bond donors (Lipinski definition) is 2. The highest BCUT2D eigenvalue weighted by Gasteiger charge is 2.08. The van der Waals surface area contributed by atoms with Gasteiger partial charge >= 0.3 is 0 Å². The first kappa shape index (κ1) is 12.4. The first-order chi connectivity index (χ1) is 8.22. The van der Waals surface area contributed by atoms with E-state index in [9.17, 15) is 0 Å². The van der Waals surface area contributed by atoms with Crippen LogP contribution >= 0.6 is 11.6 Å². The fourth-order valence-corrected chi connectivity index (χ4v) is 1.98. The zero-order valence-corrected chi connectivity index (χ0v) is 10.7. The average molecular weight is 254 g/mol. The molecule has 4 nitrogen and oxygen atoms in total.